The summed E-state index contributed by atoms with van der Waals surface area (Å²) < 4.78 is 32.7. The molecule has 316 valence electrons. The van der Waals surface area contributed by atoms with Gasteiger partial charge in [-0.2, -0.15) is 0 Å². The highest BCUT2D eigenvalue weighted by molar-refractivity contribution is 7.47. The molecule has 0 aromatic heterocycles. The number of carbonyl (C=O) groups excluding carboxylic acids is 2. The van der Waals surface area contributed by atoms with E-state index in [0.29, 0.717) is 12.8 Å². The maximum Gasteiger partial charge on any atom is 0.472 e. The number of aliphatic hydroxyl groups excluding tert-OH is 2. The Balaban J connectivity index is 4.26. The van der Waals surface area contributed by atoms with Crippen molar-refractivity contribution in [2.45, 2.75) is 199 Å². The molecule has 3 atom stereocenters. The van der Waals surface area contributed by atoms with E-state index in [4.69, 9.17) is 19.1 Å². The van der Waals surface area contributed by atoms with Gasteiger partial charge in [0.2, 0.25) is 0 Å². The summed E-state index contributed by atoms with van der Waals surface area (Å²) in [6.45, 7) is 2.23. The average Bonchev–Trinajstić information content (AvgIpc) is 3.16. The first kappa shape index (κ1) is 52.2. The fourth-order valence-electron chi connectivity index (χ4n) is 5.82. The molecule has 0 aromatic rings. The van der Waals surface area contributed by atoms with Gasteiger partial charge in [0.1, 0.15) is 12.7 Å². The van der Waals surface area contributed by atoms with Crippen LogP contribution in [0.5, 0.6) is 0 Å². The van der Waals surface area contributed by atoms with Crippen molar-refractivity contribution < 1.29 is 47.8 Å². The molecular weight excluding hydrogens is 707 g/mol. The summed E-state index contributed by atoms with van der Waals surface area (Å²) in [5.74, 6) is -0.944. The van der Waals surface area contributed by atoms with Gasteiger partial charge in [-0.1, -0.05) is 179 Å². The minimum atomic E-state index is -4.62. The maximum absolute atomic E-state index is 12.6. The van der Waals surface area contributed by atoms with Crippen molar-refractivity contribution in [2.24, 2.45) is 0 Å². The largest absolute Gasteiger partial charge is 0.472 e. The number of phosphoric acid groups is 1. The van der Waals surface area contributed by atoms with E-state index in [1.807, 2.05) is 18.2 Å². The van der Waals surface area contributed by atoms with Crippen LogP contribution in [0.2, 0.25) is 0 Å². The Hall–Kier alpha value is -1.81. The van der Waals surface area contributed by atoms with E-state index in [1.165, 1.54) is 89.9 Å². The molecule has 0 fully saturated rings. The van der Waals surface area contributed by atoms with E-state index < -0.39 is 51.8 Å². The molecule has 0 aliphatic rings. The van der Waals surface area contributed by atoms with Gasteiger partial charge in [-0.3, -0.25) is 18.6 Å². The van der Waals surface area contributed by atoms with Crippen LogP contribution in [0.25, 0.3) is 0 Å². The van der Waals surface area contributed by atoms with Gasteiger partial charge in [-0.05, 0) is 32.1 Å². The molecule has 0 aliphatic carbocycles. The molecule has 0 saturated heterocycles. The second kappa shape index (κ2) is 39.4. The normalized spacial score (nSPS) is 14.2. The van der Waals surface area contributed by atoms with Crippen LogP contribution in [0.4, 0.5) is 0 Å². The summed E-state index contributed by atoms with van der Waals surface area (Å²) in [6.07, 6.45) is 39.7. The smallest absolute Gasteiger partial charge is 0.462 e. The van der Waals surface area contributed by atoms with Crippen molar-refractivity contribution in [1.29, 1.82) is 0 Å². The summed E-state index contributed by atoms with van der Waals surface area (Å²) in [4.78, 5) is 34.9. The molecular formula is C43H79O10P. The number of hydrogen-bond acceptors (Lipinski definition) is 9. The first-order valence-corrected chi connectivity index (χ1v) is 23.0. The highest BCUT2D eigenvalue weighted by Crippen LogP contribution is 2.43. The van der Waals surface area contributed by atoms with E-state index in [1.54, 1.807) is 0 Å². The summed E-state index contributed by atoms with van der Waals surface area (Å²) in [6, 6.07) is 0. The summed E-state index contributed by atoms with van der Waals surface area (Å²) in [7, 11) is -4.62. The van der Waals surface area contributed by atoms with Crippen LogP contribution in [0, 0.1) is 0 Å². The van der Waals surface area contributed by atoms with Crippen molar-refractivity contribution >= 4 is 19.8 Å². The molecule has 3 N–H and O–H groups in total. The Morgan fingerprint density at radius 3 is 1.52 bits per heavy atom. The third-order valence-electron chi connectivity index (χ3n) is 9.12. The molecule has 0 aliphatic heterocycles. The van der Waals surface area contributed by atoms with Gasteiger partial charge in [-0.25, -0.2) is 4.57 Å². The molecule has 10 nitrogen and oxygen atoms in total. The zero-order valence-electron chi connectivity index (χ0n) is 34.2. The molecule has 0 rings (SSSR count). The lowest BCUT2D eigenvalue weighted by Gasteiger charge is -2.20. The first-order chi connectivity index (χ1) is 26.2. The maximum atomic E-state index is 12.6. The van der Waals surface area contributed by atoms with Crippen LogP contribution < -0.4 is 0 Å². The minimum absolute atomic E-state index is 0.162. The van der Waals surface area contributed by atoms with Crippen molar-refractivity contribution in [1.82, 2.24) is 0 Å². The van der Waals surface area contributed by atoms with Crippen LogP contribution in [-0.4, -0.2) is 65.7 Å². The molecule has 0 heterocycles. The number of rotatable bonds is 40. The zero-order valence-corrected chi connectivity index (χ0v) is 35.1. The van der Waals surface area contributed by atoms with E-state index >= 15 is 0 Å². The molecule has 0 radical (unpaired) electrons. The quantitative estimate of drug-likeness (QED) is 0.0237. The van der Waals surface area contributed by atoms with E-state index in [9.17, 15) is 24.2 Å². The lowest BCUT2D eigenvalue weighted by Crippen LogP contribution is -2.29. The number of ether oxygens (including phenoxy) is 2. The number of esters is 2. The number of allylic oxidation sites excluding steroid dienone is 6. The van der Waals surface area contributed by atoms with Crippen LogP contribution in [0.3, 0.4) is 0 Å². The Labute approximate surface area is 329 Å². The standard InChI is InChI=1S/C43H79O10P/c1-3-5-7-9-11-13-15-17-18-19-20-21-23-24-26-28-30-32-34-42(46)50-38-41(39-52-54(48,49)51-37-40(45)36-44)53-43(47)35-33-31-29-27-25-22-16-14-12-10-8-6-4-2/h6,8,10,12,14,16,40-41,44-45H,3-5,7,9,11,13,15,17-39H2,1-2H3,(H,48,49)/b8-6+,12-10+,16-14+/t40-,41?/m1/s1. The number of hydrogen-bond donors (Lipinski definition) is 3. The Kier molecular flexibility index (Phi) is 38.1. The second-order valence-corrected chi connectivity index (χ2v) is 15.9. The number of unbranched alkanes of at least 4 members (excludes halogenated alkanes) is 22. The Morgan fingerprint density at radius 1 is 0.574 bits per heavy atom. The van der Waals surface area contributed by atoms with Crippen molar-refractivity contribution in [3.63, 3.8) is 0 Å². The number of phosphoric ester groups is 1. The summed E-state index contributed by atoms with van der Waals surface area (Å²) >= 11 is 0. The van der Waals surface area contributed by atoms with Crippen LogP contribution in [0.1, 0.15) is 187 Å². The van der Waals surface area contributed by atoms with Gasteiger partial charge in [0, 0.05) is 12.8 Å². The average molecular weight is 787 g/mol. The van der Waals surface area contributed by atoms with Gasteiger partial charge in [-0.15, -0.1) is 0 Å². The molecule has 0 aromatic carbocycles. The second-order valence-electron chi connectivity index (χ2n) is 14.4. The zero-order chi connectivity index (χ0) is 39.8. The Bertz CT molecular complexity index is 999. The van der Waals surface area contributed by atoms with Gasteiger partial charge >= 0.3 is 19.8 Å². The van der Waals surface area contributed by atoms with Crippen molar-refractivity contribution in [2.75, 3.05) is 26.4 Å². The molecule has 0 saturated carbocycles. The molecule has 0 spiro atoms. The monoisotopic (exact) mass is 787 g/mol. The lowest BCUT2D eigenvalue weighted by atomic mass is 10.0. The topological polar surface area (TPSA) is 149 Å². The fourth-order valence-corrected chi connectivity index (χ4v) is 6.61. The summed E-state index contributed by atoms with van der Waals surface area (Å²) in [5.41, 5.74) is 0. The summed E-state index contributed by atoms with van der Waals surface area (Å²) in [5, 5.41) is 18.3. The first-order valence-electron chi connectivity index (χ1n) is 21.5. The molecule has 54 heavy (non-hydrogen) atoms. The number of carbonyl (C=O) groups is 2. The van der Waals surface area contributed by atoms with Crippen molar-refractivity contribution in [3.8, 4) is 0 Å². The van der Waals surface area contributed by atoms with Crippen LogP contribution >= 0.6 is 7.82 Å². The molecule has 0 bridgehead atoms. The van der Waals surface area contributed by atoms with Gasteiger partial charge in [0.25, 0.3) is 0 Å². The third-order valence-corrected chi connectivity index (χ3v) is 10.1. The minimum Gasteiger partial charge on any atom is -0.462 e. The SMILES string of the molecule is CC/C=C/C=C/C=C/CCCCCCCC(=O)OC(COC(=O)CCCCCCCCCCCCCCCCCCCC)COP(=O)(O)OC[C@H](O)CO. The van der Waals surface area contributed by atoms with Crippen LogP contribution in [-0.2, 0) is 32.7 Å². The Morgan fingerprint density at radius 2 is 1.02 bits per heavy atom. The molecule has 2 unspecified atom stereocenters. The third kappa shape index (κ3) is 38.5. The van der Waals surface area contributed by atoms with Gasteiger partial charge in [0.05, 0.1) is 19.8 Å². The highest BCUT2D eigenvalue weighted by Gasteiger charge is 2.27. The highest BCUT2D eigenvalue weighted by atomic mass is 31.2. The molecule has 0 amide bonds. The van der Waals surface area contributed by atoms with Gasteiger partial charge < -0.3 is 24.6 Å². The van der Waals surface area contributed by atoms with Crippen molar-refractivity contribution in [3.05, 3.63) is 36.5 Å². The van der Waals surface area contributed by atoms with E-state index in [0.717, 1.165) is 57.8 Å². The van der Waals surface area contributed by atoms with E-state index in [-0.39, 0.29) is 19.4 Å². The predicted molar refractivity (Wildman–Crippen MR) is 219 cm³/mol. The predicted octanol–water partition coefficient (Wildman–Crippen LogP) is 11.2. The van der Waals surface area contributed by atoms with Crippen LogP contribution in [0.15, 0.2) is 36.5 Å². The number of aliphatic hydroxyl groups is 2. The van der Waals surface area contributed by atoms with Gasteiger partial charge in [0.15, 0.2) is 6.10 Å². The lowest BCUT2D eigenvalue weighted by molar-refractivity contribution is -0.161. The molecule has 11 heteroatoms. The van der Waals surface area contributed by atoms with E-state index in [2.05, 4.69) is 36.6 Å². The fraction of sp³-hybridized carbons (Fsp3) is 0.814.